The van der Waals surface area contributed by atoms with Crippen molar-refractivity contribution in [1.82, 2.24) is 30.3 Å². The minimum absolute atomic E-state index is 0.155. The van der Waals surface area contributed by atoms with Gasteiger partial charge in [-0.2, -0.15) is 10.2 Å². The van der Waals surface area contributed by atoms with Gasteiger partial charge in [0.25, 0.3) is 0 Å². The molecule has 17 heavy (non-hydrogen) atoms. The summed E-state index contributed by atoms with van der Waals surface area (Å²) in [7, 11) is 1.95. The summed E-state index contributed by atoms with van der Waals surface area (Å²) in [5, 5.41) is 14.5. The van der Waals surface area contributed by atoms with Crippen molar-refractivity contribution in [3.05, 3.63) is 29.6 Å². The number of aryl methyl sites for hydroxylation is 2. The van der Waals surface area contributed by atoms with Gasteiger partial charge in [-0.25, -0.2) is 4.98 Å². The second kappa shape index (κ2) is 5.09. The second-order valence-corrected chi connectivity index (χ2v) is 4.10. The Bertz CT molecular complexity index is 458. The fourth-order valence-corrected chi connectivity index (χ4v) is 1.81. The number of H-pyrrole nitrogens is 1. The Hall–Kier alpha value is -1.69. The molecule has 0 aliphatic rings. The lowest BCUT2D eigenvalue weighted by Crippen LogP contribution is -2.19. The van der Waals surface area contributed by atoms with E-state index in [0.29, 0.717) is 0 Å². The third-order valence-corrected chi connectivity index (χ3v) is 2.77. The highest BCUT2D eigenvalue weighted by Gasteiger charge is 2.10. The Morgan fingerprint density at radius 2 is 2.35 bits per heavy atom. The maximum Gasteiger partial charge on any atom is 0.141 e. The van der Waals surface area contributed by atoms with E-state index in [1.54, 1.807) is 0 Å². The van der Waals surface area contributed by atoms with E-state index in [2.05, 4.69) is 45.6 Å². The van der Waals surface area contributed by atoms with Crippen molar-refractivity contribution < 1.29 is 0 Å². The van der Waals surface area contributed by atoms with Crippen LogP contribution in [0.1, 0.15) is 37.0 Å². The zero-order valence-corrected chi connectivity index (χ0v) is 10.4. The van der Waals surface area contributed by atoms with Crippen molar-refractivity contribution in [1.29, 1.82) is 0 Å². The maximum absolute atomic E-state index is 4.41. The van der Waals surface area contributed by atoms with Gasteiger partial charge < -0.3 is 5.32 Å². The largest absolute Gasteiger partial charge is 0.303 e. The predicted molar refractivity (Wildman–Crippen MR) is 64.2 cm³/mol. The van der Waals surface area contributed by atoms with Crippen LogP contribution in [0.15, 0.2) is 12.5 Å². The molecule has 2 rings (SSSR count). The third-order valence-electron chi connectivity index (χ3n) is 2.77. The van der Waals surface area contributed by atoms with E-state index in [4.69, 9.17) is 0 Å². The molecule has 6 heteroatoms. The summed E-state index contributed by atoms with van der Waals surface area (Å²) in [4.78, 5) is 4.13. The highest BCUT2D eigenvalue weighted by Crippen LogP contribution is 2.10. The number of nitrogens with one attached hydrogen (secondary N) is 2. The van der Waals surface area contributed by atoms with Crippen molar-refractivity contribution in [2.75, 3.05) is 0 Å². The first-order chi connectivity index (χ1) is 8.20. The van der Waals surface area contributed by atoms with Gasteiger partial charge in [-0.05, 0) is 13.3 Å². The topological polar surface area (TPSA) is 71.4 Å². The van der Waals surface area contributed by atoms with Crippen LogP contribution in [-0.2, 0) is 20.0 Å². The molecule has 0 aromatic carbocycles. The Labute approximate surface area is 100 Å². The van der Waals surface area contributed by atoms with Gasteiger partial charge in [0, 0.05) is 25.4 Å². The molecule has 1 unspecified atom stereocenters. The molecule has 2 aromatic heterocycles. The molecule has 0 amide bonds. The molecular weight excluding hydrogens is 216 g/mol. The highest BCUT2D eigenvalue weighted by atomic mass is 15.3. The summed E-state index contributed by atoms with van der Waals surface area (Å²) in [6.07, 6.45) is 4.53. The monoisotopic (exact) mass is 234 g/mol. The highest BCUT2D eigenvalue weighted by molar-refractivity contribution is 5.16. The van der Waals surface area contributed by atoms with Crippen molar-refractivity contribution in [2.45, 2.75) is 32.9 Å². The van der Waals surface area contributed by atoms with E-state index in [-0.39, 0.29) is 6.04 Å². The number of rotatable bonds is 5. The van der Waals surface area contributed by atoms with Crippen LogP contribution in [-0.4, -0.2) is 25.0 Å². The van der Waals surface area contributed by atoms with Crippen molar-refractivity contribution in [3.8, 4) is 0 Å². The average Bonchev–Trinajstić information content (AvgIpc) is 2.94. The smallest absolute Gasteiger partial charge is 0.141 e. The molecule has 2 heterocycles. The van der Waals surface area contributed by atoms with Gasteiger partial charge in [-0.1, -0.05) is 6.92 Å². The minimum Gasteiger partial charge on any atom is -0.303 e. The first-order valence-electron chi connectivity index (χ1n) is 5.80. The number of nitrogens with zero attached hydrogens (tertiary/aromatic N) is 4. The first-order valence-corrected chi connectivity index (χ1v) is 5.80. The quantitative estimate of drug-likeness (QED) is 0.808. The summed E-state index contributed by atoms with van der Waals surface area (Å²) in [5.74, 6) is 0.854. The zero-order chi connectivity index (χ0) is 12.3. The summed E-state index contributed by atoms with van der Waals surface area (Å²) in [5.41, 5.74) is 2.38. The van der Waals surface area contributed by atoms with Crippen LogP contribution in [0.5, 0.6) is 0 Å². The molecule has 2 N–H and O–H groups in total. The number of hydrogen-bond acceptors (Lipinski definition) is 4. The van der Waals surface area contributed by atoms with Gasteiger partial charge in [0.05, 0.1) is 11.7 Å². The molecule has 92 valence electrons. The Kier molecular flexibility index (Phi) is 3.53. The zero-order valence-electron chi connectivity index (χ0n) is 10.4. The Morgan fingerprint density at radius 1 is 1.53 bits per heavy atom. The molecule has 0 radical (unpaired) electrons. The van der Waals surface area contributed by atoms with Crippen LogP contribution in [0.3, 0.4) is 0 Å². The normalized spacial score (nSPS) is 12.9. The maximum atomic E-state index is 4.41. The number of aromatic nitrogens is 5. The van der Waals surface area contributed by atoms with Crippen LogP contribution in [0.25, 0.3) is 0 Å². The lowest BCUT2D eigenvalue weighted by atomic mass is 10.2. The molecule has 1 atom stereocenters. The fraction of sp³-hybridized carbons (Fsp3) is 0.545. The average molecular weight is 234 g/mol. The van der Waals surface area contributed by atoms with Crippen molar-refractivity contribution in [2.24, 2.45) is 7.05 Å². The van der Waals surface area contributed by atoms with Crippen LogP contribution >= 0.6 is 0 Å². The molecular formula is C11H18N6. The van der Waals surface area contributed by atoms with Crippen LogP contribution in [0, 0.1) is 0 Å². The van der Waals surface area contributed by atoms with Gasteiger partial charge in [-0.3, -0.25) is 9.78 Å². The van der Waals surface area contributed by atoms with Gasteiger partial charge in [0.1, 0.15) is 12.2 Å². The Morgan fingerprint density at radius 3 is 3.00 bits per heavy atom. The molecule has 0 fully saturated rings. The SMILES string of the molecule is CCc1nn(C)cc1CNC(C)c1ncn[nH]1. The molecule has 0 aliphatic carbocycles. The molecule has 0 spiro atoms. The summed E-state index contributed by atoms with van der Waals surface area (Å²) in [6, 6.07) is 0.155. The third kappa shape index (κ3) is 2.71. The molecule has 0 saturated heterocycles. The number of hydrogen-bond donors (Lipinski definition) is 2. The van der Waals surface area contributed by atoms with Gasteiger partial charge in [0.15, 0.2) is 0 Å². The van der Waals surface area contributed by atoms with Crippen LogP contribution in [0.4, 0.5) is 0 Å². The predicted octanol–water partition coefficient (Wildman–Crippen LogP) is 0.951. The summed E-state index contributed by atoms with van der Waals surface area (Å²) >= 11 is 0. The minimum atomic E-state index is 0.155. The number of aromatic amines is 1. The van der Waals surface area contributed by atoms with E-state index < -0.39 is 0 Å². The summed E-state index contributed by atoms with van der Waals surface area (Å²) in [6.45, 7) is 4.97. The van der Waals surface area contributed by atoms with Crippen LogP contribution in [0.2, 0.25) is 0 Å². The van der Waals surface area contributed by atoms with E-state index in [9.17, 15) is 0 Å². The van der Waals surface area contributed by atoms with E-state index in [1.165, 1.54) is 11.9 Å². The first kappa shape index (κ1) is 11.8. The Balaban J connectivity index is 1.97. The lowest BCUT2D eigenvalue weighted by Gasteiger charge is -2.10. The fourth-order valence-electron chi connectivity index (χ4n) is 1.81. The lowest BCUT2D eigenvalue weighted by molar-refractivity contribution is 0.546. The van der Waals surface area contributed by atoms with Crippen molar-refractivity contribution >= 4 is 0 Å². The standard InChI is InChI=1S/C11H18N6/c1-4-10-9(6-17(3)16-10)5-12-8(2)11-13-7-14-15-11/h6-8,12H,4-5H2,1-3H3,(H,13,14,15). The van der Waals surface area contributed by atoms with E-state index in [0.717, 1.165) is 24.5 Å². The summed E-state index contributed by atoms with van der Waals surface area (Å²) < 4.78 is 1.86. The molecule has 0 aliphatic heterocycles. The second-order valence-electron chi connectivity index (χ2n) is 4.10. The molecule has 0 saturated carbocycles. The molecule has 2 aromatic rings. The molecule has 6 nitrogen and oxygen atoms in total. The van der Waals surface area contributed by atoms with Crippen LogP contribution < -0.4 is 5.32 Å². The van der Waals surface area contributed by atoms with E-state index >= 15 is 0 Å². The van der Waals surface area contributed by atoms with Gasteiger partial charge >= 0.3 is 0 Å². The van der Waals surface area contributed by atoms with Gasteiger partial charge in [0.2, 0.25) is 0 Å². The van der Waals surface area contributed by atoms with Gasteiger partial charge in [-0.15, -0.1) is 0 Å². The van der Waals surface area contributed by atoms with Crippen molar-refractivity contribution in [3.63, 3.8) is 0 Å². The molecule has 0 bridgehead atoms. The van der Waals surface area contributed by atoms with E-state index in [1.807, 2.05) is 11.7 Å².